The van der Waals surface area contributed by atoms with Crippen molar-refractivity contribution in [3.8, 4) is 5.75 Å². The summed E-state index contributed by atoms with van der Waals surface area (Å²) in [6.07, 6.45) is 1.69. The molecule has 0 saturated carbocycles. The van der Waals surface area contributed by atoms with E-state index < -0.39 is 17.3 Å². The minimum Gasteiger partial charge on any atom is -0.501 e. The topological polar surface area (TPSA) is 93.9 Å². The highest BCUT2D eigenvalue weighted by Crippen LogP contribution is 2.30. The summed E-state index contributed by atoms with van der Waals surface area (Å²) in [5, 5.41) is 9.92. The first-order chi connectivity index (χ1) is 10.6. The molecule has 0 bridgehead atoms. The Kier molecular flexibility index (Phi) is 4.12. The Hall–Kier alpha value is -1.93. The molecule has 0 amide bonds. The lowest BCUT2D eigenvalue weighted by atomic mass is 10.0. The molecule has 1 aromatic heterocycles. The van der Waals surface area contributed by atoms with Crippen LogP contribution in [0.15, 0.2) is 4.79 Å². The summed E-state index contributed by atoms with van der Waals surface area (Å²) >= 11 is 0. The summed E-state index contributed by atoms with van der Waals surface area (Å²) in [4.78, 5) is 30.5. The summed E-state index contributed by atoms with van der Waals surface area (Å²) in [5.41, 5.74) is -0.887. The SMILES string of the molecule is COC(=O)c1nc2n(c(=O)c1O)CCCC2N1CCOCC1. The molecule has 8 heteroatoms. The van der Waals surface area contributed by atoms with Crippen molar-refractivity contribution in [2.75, 3.05) is 33.4 Å². The number of carbonyl (C=O) groups is 1. The number of fused-ring (bicyclic) bond motifs is 1. The molecule has 22 heavy (non-hydrogen) atoms. The van der Waals surface area contributed by atoms with Gasteiger partial charge in [0, 0.05) is 19.6 Å². The van der Waals surface area contributed by atoms with Crippen LogP contribution in [0.4, 0.5) is 0 Å². The fourth-order valence-corrected chi connectivity index (χ4v) is 3.08. The molecular weight excluding hydrogens is 290 g/mol. The van der Waals surface area contributed by atoms with E-state index in [1.807, 2.05) is 0 Å². The summed E-state index contributed by atoms with van der Waals surface area (Å²) in [7, 11) is 1.19. The van der Waals surface area contributed by atoms with Gasteiger partial charge in [0.15, 0.2) is 5.69 Å². The average molecular weight is 309 g/mol. The van der Waals surface area contributed by atoms with E-state index in [1.54, 1.807) is 0 Å². The Morgan fingerprint density at radius 2 is 2.09 bits per heavy atom. The molecule has 1 atom stereocenters. The third kappa shape index (κ3) is 2.48. The van der Waals surface area contributed by atoms with Crippen molar-refractivity contribution in [1.82, 2.24) is 14.5 Å². The third-order valence-electron chi connectivity index (χ3n) is 4.20. The van der Waals surface area contributed by atoms with Crippen LogP contribution in [0, 0.1) is 0 Å². The first-order valence-corrected chi connectivity index (χ1v) is 7.37. The largest absolute Gasteiger partial charge is 0.501 e. The fourth-order valence-electron chi connectivity index (χ4n) is 3.08. The van der Waals surface area contributed by atoms with E-state index in [2.05, 4.69) is 14.6 Å². The van der Waals surface area contributed by atoms with Gasteiger partial charge in [-0.2, -0.15) is 0 Å². The number of ether oxygens (including phenoxy) is 2. The predicted molar refractivity (Wildman–Crippen MR) is 75.9 cm³/mol. The van der Waals surface area contributed by atoms with Crippen LogP contribution in [-0.4, -0.2) is 58.9 Å². The molecule has 8 nitrogen and oxygen atoms in total. The van der Waals surface area contributed by atoms with Crippen LogP contribution in [0.25, 0.3) is 0 Å². The van der Waals surface area contributed by atoms with Gasteiger partial charge in [-0.3, -0.25) is 14.3 Å². The first-order valence-electron chi connectivity index (χ1n) is 7.37. The Balaban J connectivity index is 2.06. The second kappa shape index (κ2) is 6.05. The van der Waals surface area contributed by atoms with Crippen molar-refractivity contribution in [1.29, 1.82) is 0 Å². The molecule has 3 heterocycles. The van der Waals surface area contributed by atoms with Gasteiger partial charge in [0.1, 0.15) is 5.82 Å². The highest BCUT2D eigenvalue weighted by Gasteiger charge is 2.32. The highest BCUT2D eigenvalue weighted by atomic mass is 16.5. The number of esters is 1. The molecule has 1 aromatic rings. The zero-order chi connectivity index (χ0) is 15.7. The van der Waals surface area contributed by atoms with Crippen LogP contribution in [0.5, 0.6) is 5.75 Å². The first kappa shape index (κ1) is 15.0. The zero-order valence-corrected chi connectivity index (χ0v) is 12.4. The average Bonchev–Trinajstić information content (AvgIpc) is 2.57. The smallest absolute Gasteiger partial charge is 0.360 e. The number of rotatable bonds is 2. The summed E-state index contributed by atoms with van der Waals surface area (Å²) in [6, 6.07) is -0.0469. The van der Waals surface area contributed by atoms with E-state index in [-0.39, 0.29) is 11.7 Å². The molecular formula is C14H19N3O5. The maximum Gasteiger partial charge on any atom is 0.360 e. The maximum absolute atomic E-state index is 12.3. The van der Waals surface area contributed by atoms with Crippen LogP contribution >= 0.6 is 0 Å². The van der Waals surface area contributed by atoms with Gasteiger partial charge < -0.3 is 14.6 Å². The summed E-state index contributed by atoms with van der Waals surface area (Å²) in [6.45, 7) is 3.30. The number of aromatic hydroxyl groups is 1. The lowest BCUT2D eigenvalue weighted by Crippen LogP contribution is -2.44. The van der Waals surface area contributed by atoms with E-state index in [4.69, 9.17) is 4.74 Å². The van der Waals surface area contributed by atoms with Crippen LogP contribution in [0.2, 0.25) is 0 Å². The predicted octanol–water partition coefficient (Wildman–Crippen LogP) is -0.0974. The van der Waals surface area contributed by atoms with Crippen LogP contribution in [0.3, 0.4) is 0 Å². The quantitative estimate of drug-likeness (QED) is 0.763. The molecule has 1 unspecified atom stereocenters. The van der Waals surface area contributed by atoms with Crippen LogP contribution in [0.1, 0.15) is 35.2 Å². The van der Waals surface area contributed by atoms with Crippen molar-refractivity contribution >= 4 is 5.97 Å². The van der Waals surface area contributed by atoms with Gasteiger partial charge in [-0.15, -0.1) is 0 Å². The minimum atomic E-state index is -0.802. The Labute approximate surface area is 127 Å². The van der Waals surface area contributed by atoms with Gasteiger partial charge in [-0.1, -0.05) is 0 Å². The van der Waals surface area contributed by atoms with E-state index in [1.165, 1.54) is 11.7 Å². The molecule has 1 fully saturated rings. The van der Waals surface area contributed by atoms with E-state index >= 15 is 0 Å². The van der Waals surface area contributed by atoms with Crippen molar-refractivity contribution in [3.05, 3.63) is 21.9 Å². The van der Waals surface area contributed by atoms with Gasteiger partial charge in [0.05, 0.1) is 26.4 Å². The van der Waals surface area contributed by atoms with E-state index in [0.717, 1.165) is 25.9 Å². The molecule has 3 rings (SSSR count). The standard InChI is InChI=1S/C14H19N3O5/c1-21-14(20)10-11(18)13(19)17-4-2-3-9(12(17)15-10)16-5-7-22-8-6-16/h9,18H,2-8H2,1H3. The number of aromatic nitrogens is 2. The highest BCUT2D eigenvalue weighted by molar-refractivity contribution is 5.89. The molecule has 1 saturated heterocycles. The van der Waals surface area contributed by atoms with Crippen molar-refractivity contribution < 1.29 is 19.4 Å². The lowest BCUT2D eigenvalue weighted by Gasteiger charge is -2.37. The number of methoxy groups -OCH3 is 1. The van der Waals surface area contributed by atoms with Crippen LogP contribution < -0.4 is 5.56 Å². The number of carbonyl (C=O) groups excluding carboxylic acids is 1. The van der Waals surface area contributed by atoms with Crippen molar-refractivity contribution in [3.63, 3.8) is 0 Å². The Morgan fingerprint density at radius 3 is 2.77 bits per heavy atom. The monoisotopic (exact) mass is 309 g/mol. The number of nitrogens with zero attached hydrogens (tertiary/aromatic N) is 3. The second-order valence-corrected chi connectivity index (χ2v) is 5.42. The molecule has 0 aromatic carbocycles. The lowest BCUT2D eigenvalue weighted by molar-refractivity contribution is 0.00742. The number of hydrogen-bond acceptors (Lipinski definition) is 7. The molecule has 2 aliphatic rings. The zero-order valence-electron chi connectivity index (χ0n) is 12.4. The molecule has 2 aliphatic heterocycles. The van der Waals surface area contributed by atoms with Crippen molar-refractivity contribution in [2.24, 2.45) is 0 Å². The van der Waals surface area contributed by atoms with Gasteiger partial charge in [-0.05, 0) is 12.8 Å². The van der Waals surface area contributed by atoms with Crippen molar-refractivity contribution in [2.45, 2.75) is 25.4 Å². The van der Waals surface area contributed by atoms with Gasteiger partial charge >= 0.3 is 5.97 Å². The summed E-state index contributed by atoms with van der Waals surface area (Å²) < 4.78 is 11.4. The molecule has 0 spiro atoms. The Bertz CT molecular complexity index is 636. The van der Waals surface area contributed by atoms with Crippen LogP contribution in [-0.2, 0) is 16.0 Å². The van der Waals surface area contributed by atoms with Gasteiger partial charge in [-0.25, -0.2) is 9.78 Å². The number of morpholine rings is 1. The molecule has 120 valence electrons. The molecule has 0 radical (unpaired) electrons. The van der Waals surface area contributed by atoms with Gasteiger partial charge in [0.2, 0.25) is 5.75 Å². The van der Waals surface area contributed by atoms with E-state index in [0.29, 0.717) is 25.6 Å². The number of hydrogen-bond donors (Lipinski definition) is 1. The molecule has 0 aliphatic carbocycles. The third-order valence-corrected chi connectivity index (χ3v) is 4.20. The summed E-state index contributed by atoms with van der Waals surface area (Å²) in [5.74, 6) is -0.918. The van der Waals surface area contributed by atoms with Gasteiger partial charge in [0.25, 0.3) is 5.56 Å². The minimum absolute atomic E-state index is 0.0469. The maximum atomic E-state index is 12.3. The Morgan fingerprint density at radius 1 is 1.36 bits per heavy atom. The second-order valence-electron chi connectivity index (χ2n) is 5.42. The fraction of sp³-hybridized carbons (Fsp3) is 0.643. The normalized spacial score (nSPS) is 22.1. The molecule has 1 N–H and O–H groups in total. The van der Waals surface area contributed by atoms with E-state index in [9.17, 15) is 14.7 Å².